The van der Waals surface area contributed by atoms with E-state index in [9.17, 15) is 0 Å². The molecular weight excluding hydrogens is 306 g/mol. The van der Waals surface area contributed by atoms with Crippen LogP contribution in [0.25, 0.3) is 0 Å². The number of nitrogens with zero attached hydrogens (tertiary/aromatic N) is 2. The van der Waals surface area contributed by atoms with Crippen LogP contribution in [0.3, 0.4) is 0 Å². The highest BCUT2D eigenvalue weighted by atomic mass is 79.9. The van der Waals surface area contributed by atoms with Gasteiger partial charge in [0.25, 0.3) is 0 Å². The molecule has 0 bridgehead atoms. The molecule has 2 rings (SSSR count). The van der Waals surface area contributed by atoms with Gasteiger partial charge in [-0.05, 0) is 22.0 Å². The van der Waals surface area contributed by atoms with E-state index in [0.717, 1.165) is 9.63 Å². The third-order valence-electron chi connectivity index (χ3n) is 2.14. The average molecular weight is 318 g/mol. The van der Waals surface area contributed by atoms with Crippen LogP contribution in [0.2, 0.25) is 0 Å². The maximum atomic E-state index is 5.81. The summed E-state index contributed by atoms with van der Waals surface area (Å²) >= 11 is 6.89. The number of rotatable bonds is 4. The first-order chi connectivity index (χ1) is 7.70. The zero-order valence-corrected chi connectivity index (χ0v) is 12.0. The second-order valence-corrected chi connectivity index (χ2v) is 6.36. The molecule has 3 nitrogen and oxygen atoms in total. The molecule has 2 aromatic rings. The van der Waals surface area contributed by atoms with Gasteiger partial charge >= 0.3 is 0 Å². The predicted molar refractivity (Wildman–Crippen MR) is 72.9 cm³/mol. The molecule has 1 unspecified atom stereocenters. The van der Waals surface area contributed by atoms with E-state index in [-0.39, 0.29) is 5.25 Å². The zero-order chi connectivity index (χ0) is 11.5. The fourth-order valence-electron chi connectivity index (χ4n) is 1.31. The molecule has 0 radical (unpaired) electrons. The van der Waals surface area contributed by atoms with Crippen molar-refractivity contribution in [2.24, 2.45) is 12.8 Å². The Kier molecular flexibility index (Phi) is 4.07. The van der Waals surface area contributed by atoms with Gasteiger partial charge in [0.15, 0.2) is 5.16 Å². The van der Waals surface area contributed by atoms with Crippen molar-refractivity contribution in [2.75, 3.05) is 6.54 Å². The van der Waals surface area contributed by atoms with Crippen molar-refractivity contribution in [1.82, 2.24) is 9.55 Å². The Bertz CT molecular complexity index is 466. The molecule has 2 aromatic heterocycles. The Balaban J connectivity index is 2.15. The zero-order valence-electron chi connectivity index (χ0n) is 8.76. The monoisotopic (exact) mass is 317 g/mol. The average Bonchev–Trinajstić information content (AvgIpc) is 2.85. The van der Waals surface area contributed by atoms with Crippen LogP contribution in [-0.4, -0.2) is 16.1 Å². The lowest BCUT2D eigenvalue weighted by Gasteiger charge is -2.11. The van der Waals surface area contributed by atoms with Gasteiger partial charge in [0.1, 0.15) is 0 Å². The van der Waals surface area contributed by atoms with Crippen LogP contribution in [-0.2, 0) is 7.05 Å². The number of halogens is 1. The minimum atomic E-state index is 0.275. The number of aryl methyl sites for hydroxylation is 1. The van der Waals surface area contributed by atoms with E-state index in [4.69, 9.17) is 5.73 Å². The Hall–Kier alpha value is -0.300. The number of imidazole rings is 1. The third-order valence-corrected chi connectivity index (χ3v) is 5.44. The van der Waals surface area contributed by atoms with E-state index in [1.807, 2.05) is 17.8 Å². The number of aromatic nitrogens is 2. The first-order valence-electron chi connectivity index (χ1n) is 4.78. The van der Waals surface area contributed by atoms with E-state index in [2.05, 4.69) is 32.4 Å². The van der Waals surface area contributed by atoms with Crippen LogP contribution in [0.15, 0.2) is 33.5 Å². The van der Waals surface area contributed by atoms with E-state index in [1.165, 1.54) is 4.88 Å². The standard InChI is InChI=1S/C10H12BrN3S2/c1-14-3-2-13-10(14)16-9(5-12)8-4-7(11)6-15-8/h2-4,6,9H,5,12H2,1H3. The van der Waals surface area contributed by atoms with Gasteiger partial charge < -0.3 is 10.3 Å². The summed E-state index contributed by atoms with van der Waals surface area (Å²) < 4.78 is 3.13. The van der Waals surface area contributed by atoms with Crippen LogP contribution < -0.4 is 5.73 Å². The first-order valence-corrected chi connectivity index (χ1v) is 7.34. The number of hydrogen-bond acceptors (Lipinski definition) is 4. The van der Waals surface area contributed by atoms with Crippen LogP contribution in [0, 0.1) is 0 Å². The lowest BCUT2D eigenvalue weighted by molar-refractivity contribution is 0.784. The van der Waals surface area contributed by atoms with Crippen molar-refractivity contribution in [3.63, 3.8) is 0 Å². The summed E-state index contributed by atoms with van der Waals surface area (Å²) in [7, 11) is 1.99. The summed E-state index contributed by atoms with van der Waals surface area (Å²) in [5.41, 5.74) is 5.81. The summed E-state index contributed by atoms with van der Waals surface area (Å²) in [5.74, 6) is 0. The normalized spacial score (nSPS) is 12.9. The third kappa shape index (κ3) is 2.68. The molecule has 0 aromatic carbocycles. The SMILES string of the molecule is Cn1ccnc1SC(CN)c1cc(Br)cs1. The quantitative estimate of drug-likeness (QED) is 0.881. The summed E-state index contributed by atoms with van der Waals surface area (Å²) in [5, 5.41) is 3.36. The molecule has 0 aliphatic rings. The summed E-state index contributed by atoms with van der Waals surface area (Å²) in [4.78, 5) is 5.58. The molecule has 2 heterocycles. The summed E-state index contributed by atoms with van der Waals surface area (Å²) in [6.45, 7) is 0.616. The highest BCUT2D eigenvalue weighted by Gasteiger charge is 2.15. The van der Waals surface area contributed by atoms with Crippen molar-refractivity contribution in [2.45, 2.75) is 10.4 Å². The lowest BCUT2D eigenvalue weighted by Crippen LogP contribution is -2.08. The molecule has 0 aliphatic heterocycles. The molecule has 0 saturated carbocycles. The summed E-state index contributed by atoms with van der Waals surface area (Å²) in [6, 6.07) is 2.12. The molecule has 0 saturated heterocycles. The van der Waals surface area contributed by atoms with Crippen LogP contribution in [0.1, 0.15) is 10.1 Å². The van der Waals surface area contributed by atoms with Gasteiger partial charge in [-0.15, -0.1) is 11.3 Å². The second kappa shape index (κ2) is 5.35. The fraction of sp³-hybridized carbons (Fsp3) is 0.300. The predicted octanol–water partition coefficient (Wildman–Crippen LogP) is 3.04. The molecular formula is C10H12BrN3S2. The van der Waals surface area contributed by atoms with Crippen LogP contribution in [0.4, 0.5) is 0 Å². The van der Waals surface area contributed by atoms with Gasteiger partial charge in [-0.3, -0.25) is 0 Å². The van der Waals surface area contributed by atoms with Gasteiger partial charge in [0, 0.05) is 40.7 Å². The largest absolute Gasteiger partial charge is 0.329 e. The Morgan fingerprint density at radius 2 is 2.50 bits per heavy atom. The molecule has 0 amide bonds. The Labute approximate surface area is 111 Å². The van der Waals surface area contributed by atoms with Crippen molar-refractivity contribution in [1.29, 1.82) is 0 Å². The van der Waals surface area contributed by atoms with Gasteiger partial charge in [0.05, 0.1) is 5.25 Å². The van der Waals surface area contributed by atoms with Crippen LogP contribution in [0.5, 0.6) is 0 Å². The number of nitrogens with two attached hydrogens (primary N) is 1. The van der Waals surface area contributed by atoms with Crippen molar-refractivity contribution < 1.29 is 0 Å². The van der Waals surface area contributed by atoms with Gasteiger partial charge in [-0.25, -0.2) is 4.98 Å². The molecule has 6 heteroatoms. The van der Waals surface area contributed by atoms with Gasteiger partial charge in [0.2, 0.25) is 0 Å². The van der Waals surface area contributed by atoms with Crippen LogP contribution >= 0.6 is 39.0 Å². The van der Waals surface area contributed by atoms with E-state index in [0.29, 0.717) is 6.54 Å². The van der Waals surface area contributed by atoms with Crippen molar-refractivity contribution in [3.8, 4) is 0 Å². The fourth-order valence-corrected chi connectivity index (χ4v) is 3.95. The number of hydrogen-bond donors (Lipinski definition) is 1. The smallest absolute Gasteiger partial charge is 0.168 e. The highest BCUT2D eigenvalue weighted by Crippen LogP contribution is 2.37. The lowest BCUT2D eigenvalue weighted by atomic mass is 10.3. The molecule has 1 atom stereocenters. The Morgan fingerprint density at radius 3 is 3.00 bits per heavy atom. The van der Waals surface area contributed by atoms with E-state index >= 15 is 0 Å². The molecule has 0 spiro atoms. The minimum Gasteiger partial charge on any atom is -0.329 e. The minimum absolute atomic E-state index is 0.275. The highest BCUT2D eigenvalue weighted by molar-refractivity contribution is 9.10. The number of thioether (sulfide) groups is 1. The van der Waals surface area contributed by atoms with E-state index in [1.54, 1.807) is 29.3 Å². The maximum absolute atomic E-state index is 5.81. The molecule has 2 N–H and O–H groups in total. The molecule has 16 heavy (non-hydrogen) atoms. The Morgan fingerprint density at radius 1 is 1.69 bits per heavy atom. The van der Waals surface area contributed by atoms with Gasteiger partial charge in [-0.1, -0.05) is 11.8 Å². The first kappa shape index (κ1) is 12.2. The molecule has 0 aliphatic carbocycles. The number of thiophene rings is 1. The van der Waals surface area contributed by atoms with Crippen molar-refractivity contribution in [3.05, 3.63) is 33.2 Å². The van der Waals surface area contributed by atoms with Crippen molar-refractivity contribution >= 4 is 39.0 Å². The molecule has 86 valence electrons. The maximum Gasteiger partial charge on any atom is 0.168 e. The summed E-state index contributed by atoms with van der Waals surface area (Å²) in [6.07, 6.45) is 3.75. The van der Waals surface area contributed by atoms with E-state index < -0.39 is 0 Å². The topological polar surface area (TPSA) is 43.8 Å². The second-order valence-electron chi connectivity index (χ2n) is 3.33. The molecule has 0 fully saturated rings. The van der Waals surface area contributed by atoms with Gasteiger partial charge in [-0.2, -0.15) is 0 Å².